The van der Waals surface area contributed by atoms with Gasteiger partial charge in [-0.25, -0.2) is 0 Å². The van der Waals surface area contributed by atoms with Gasteiger partial charge in [0.1, 0.15) is 12.4 Å². The number of rotatable bonds is 8. The molecule has 0 spiro atoms. The van der Waals surface area contributed by atoms with Gasteiger partial charge in [0, 0.05) is 43.5 Å². The number of pyridine rings is 1. The van der Waals surface area contributed by atoms with Gasteiger partial charge < -0.3 is 19.9 Å². The predicted molar refractivity (Wildman–Crippen MR) is 148 cm³/mol. The minimum Gasteiger partial charge on any atom is -0.488 e. The largest absolute Gasteiger partial charge is 0.488 e. The monoisotopic (exact) mass is 510 g/mol. The van der Waals surface area contributed by atoms with E-state index in [1.807, 2.05) is 43.5 Å². The van der Waals surface area contributed by atoms with Crippen molar-refractivity contribution in [3.05, 3.63) is 88.4 Å². The molecule has 0 aliphatic carbocycles. The van der Waals surface area contributed by atoms with E-state index in [0.717, 1.165) is 53.0 Å². The summed E-state index contributed by atoms with van der Waals surface area (Å²) < 4.78 is 12.4. The van der Waals surface area contributed by atoms with Gasteiger partial charge in [0.05, 0.1) is 11.1 Å². The van der Waals surface area contributed by atoms with Gasteiger partial charge in [0.25, 0.3) is 5.91 Å². The Balaban J connectivity index is 1.67. The molecular weight excluding hydrogens is 476 g/mol. The van der Waals surface area contributed by atoms with Gasteiger partial charge in [0.2, 0.25) is 0 Å². The van der Waals surface area contributed by atoms with E-state index in [4.69, 9.17) is 14.2 Å². The van der Waals surface area contributed by atoms with Crippen molar-refractivity contribution < 1.29 is 14.1 Å². The van der Waals surface area contributed by atoms with E-state index in [0.29, 0.717) is 36.1 Å². The number of hydrogen-bond donors (Lipinski definition) is 2. The van der Waals surface area contributed by atoms with E-state index < -0.39 is 0 Å². The first-order valence-corrected chi connectivity index (χ1v) is 13.2. The van der Waals surface area contributed by atoms with Gasteiger partial charge in [0.15, 0.2) is 11.5 Å². The van der Waals surface area contributed by atoms with Crippen LogP contribution in [0.1, 0.15) is 65.1 Å². The summed E-state index contributed by atoms with van der Waals surface area (Å²) in [6, 6.07) is 16.3. The van der Waals surface area contributed by atoms with Crippen LogP contribution < -0.4 is 15.4 Å². The van der Waals surface area contributed by atoms with Crippen LogP contribution in [0.25, 0.3) is 22.5 Å². The number of nitrogens with zero attached hydrogens (tertiary/aromatic N) is 2. The second-order valence-corrected chi connectivity index (χ2v) is 9.99. The lowest BCUT2D eigenvalue weighted by molar-refractivity contribution is 0.0947. The Kier molecular flexibility index (Phi) is 7.56. The van der Waals surface area contributed by atoms with Crippen LogP contribution in [-0.4, -0.2) is 29.1 Å². The number of aryl methyl sites for hydroxylation is 1. The lowest BCUT2D eigenvalue weighted by Crippen LogP contribution is -2.25. The van der Waals surface area contributed by atoms with E-state index in [2.05, 4.69) is 54.8 Å². The molecular formula is C31H34N4O3. The average molecular weight is 511 g/mol. The normalized spacial score (nSPS) is 12.9. The summed E-state index contributed by atoms with van der Waals surface area (Å²) in [6.45, 7) is 10.8. The number of amides is 1. The number of aromatic nitrogens is 2. The molecule has 0 saturated heterocycles. The Morgan fingerprint density at radius 3 is 2.76 bits per heavy atom. The van der Waals surface area contributed by atoms with E-state index >= 15 is 0 Å². The van der Waals surface area contributed by atoms with Crippen molar-refractivity contribution in [1.29, 1.82) is 0 Å². The summed E-state index contributed by atoms with van der Waals surface area (Å²) in [5, 5.41) is 10.6. The fourth-order valence-electron chi connectivity index (χ4n) is 4.98. The SMILES string of the molecule is CCNC(=O)c1noc(-c2cc(C(C)C)c(C)cc2OCc2ccccc2)c1-c1cnc2c(c1)CNCC2. The summed E-state index contributed by atoms with van der Waals surface area (Å²) in [6.07, 6.45) is 2.70. The summed E-state index contributed by atoms with van der Waals surface area (Å²) in [4.78, 5) is 17.8. The lowest BCUT2D eigenvalue weighted by atomic mass is 9.91. The average Bonchev–Trinajstić information content (AvgIpc) is 3.37. The molecule has 0 fully saturated rings. The molecule has 1 amide bonds. The fourth-order valence-corrected chi connectivity index (χ4v) is 4.98. The molecule has 5 rings (SSSR count). The molecule has 0 bridgehead atoms. The Hall–Kier alpha value is -3.97. The van der Waals surface area contributed by atoms with Crippen molar-refractivity contribution in [1.82, 2.24) is 20.8 Å². The Bertz CT molecular complexity index is 1440. The third-order valence-electron chi connectivity index (χ3n) is 6.92. The summed E-state index contributed by atoms with van der Waals surface area (Å²) in [5.74, 6) is 1.20. The quantitative estimate of drug-likeness (QED) is 0.311. The topological polar surface area (TPSA) is 89.3 Å². The zero-order chi connectivity index (χ0) is 26.6. The molecule has 7 heteroatoms. The smallest absolute Gasteiger partial charge is 0.274 e. The summed E-state index contributed by atoms with van der Waals surface area (Å²) in [5.41, 5.74) is 8.02. The molecule has 1 aliphatic heterocycles. The molecule has 3 heterocycles. The molecule has 4 aromatic rings. The first-order valence-electron chi connectivity index (χ1n) is 13.2. The lowest BCUT2D eigenvalue weighted by Gasteiger charge is -2.18. The third kappa shape index (κ3) is 5.20. The van der Waals surface area contributed by atoms with E-state index in [1.165, 1.54) is 5.56 Å². The van der Waals surface area contributed by atoms with Crippen LogP contribution in [0.15, 0.2) is 59.3 Å². The first-order chi connectivity index (χ1) is 18.5. The molecule has 0 radical (unpaired) electrons. The standard InChI is InChI=1S/C31H34N4O3/c1-5-33-31(36)29-28(23-14-22-16-32-12-11-26(22)34-17-23)30(38-35-29)25-15-24(19(2)3)20(4)13-27(25)37-18-21-9-7-6-8-10-21/h6-10,13-15,17,19,32H,5,11-12,16,18H2,1-4H3,(H,33,36). The fraction of sp³-hybridized carbons (Fsp3) is 0.323. The van der Waals surface area contributed by atoms with E-state index in [9.17, 15) is 4.79 Å². The van der Waals surface area contributed by atoms with E-state index in [1.54, 1.807) is 0 Å². The van der Waals surface area contributed by atoms with Crippen molar-refractivity contribution in [2.24, 2.45) is 0 Å². The molecule has 0 unspecified atom stereocenters. The maximum atomic E-state index is 13.1. The van der Waals surface area contributed by atoms with Gasteiger partial charge in [-0.15, -0.1) is 0 Å². The van der Waals surface area contributed by atoms with Crippen molar-refractivity contribution in [3.8, 4) is 28.2 Å². The van der Waals surface area contributed by atoms with Crippen LogP contribution in [0.2, 0.25) is 0 Å². The van der Waals surface area contributed by atoms with Gasteiger partial charge in [-0.2, -0.15) is 0 Å². The number of fused-ring (bicyclic) bond motifs is 1. The van der Waals surface area contributed by atoms with Crippen LogP contribution in [0, 0.1) is 6.92 Å². The number of ether oxygens (including phenoxy) is 1. The molecule has 1 aliphatic rings. The second-order valence-electron chi connectivity index (χ2n) is 9.99. The molecule has 2 aromatic heterocycles. The Labute approximate surface area is 223 Å². The van der Waals surface area contributed by atoms with Crippen LogP contribution in [0.4, 0.5) is 0 Å². The number of carbonyl (C=O) groups is 1. The van der Waals surface area contributed by atoms with Crippen molar-refractivity contribution in [2.45, 2.75) is 53.2 Å². The number of carbonyl (C=O) groups excluding carboxylic acids is 1. The third-order valence-corrected chi connectivity index (χ3v) is 6.92. The van der Waals surface area contributed by atoms with Gasteiger partial charge in [-0.3, -0.25) is 9.78 Å². The van der Waals surface area contributed by atoms with Crippen LogP contribution >= 0.6 is 0 Å². The summed E-state index contributed by atoms with van der Waals surface area (Å²) >= 11 is 0. The second kappa shape index (κ2) is 11.2. The summed E-state index contributed by atoms with van der Waals surface area (Å²) in [7, 11) is 0. The van der Waals surface area contributed by atoms with Crippen LogP contribution in [-0.2, 0) is 19.6 Å². The minimum absolute atomic E-state index is 0.244. The highest BCUT2D eigenvalue weighted by Gasteiger charge is 2.28. The first kappa shape index (κ1) is 25.7. The number of nitrogens with one attached hydrogen (secondary N) is 2. The minimum atomic E-state index is -0.281. The van der Waals surface area contributed by atoms with Gasteiger partial charge in [-0.1, -0.05) is 49.3 Å². The van der Waals surface area contributed by atoms with Crippen molar-refractivity contribution in [2.75, 3.05) is 13.1 Å². The zero-order valence-corrected chi connectivity index (χ0v) is 22.4. The zero-order valence-electron chi connectivity index (χ0n) is 22.4. The van der Waals surface area contributed by atoms with Gasteiger partial charge in [-0.05, 0) is 60.2 Å². The number of hydrogen-bond acceptors (Lipinski definition) is 6. The predicted octanol–water partition coefficient (Wildman–Crippen LogP) is 5.81. The molecule has 2 aromatic carbocycles. The molecule has 0 atom stereocenters. The maximum Gasteiger partial charge on any atom is 0.274 e. The highest BCUT2D eigenvalue weighted by atomic mass is 16.5. The molecule has 7 nitrogen and oxygen atoms in total. The highest BCUT2D eigenvalue weighted by Crippen LogP contribution is 2.42. The van der Waals surface area contributed by atoms with Crippen LogP contribution in [0.3, 0.4) is 0 Å². The molecule has 196 valence electrons. The van der Waals surface area contributed by atoms with Gasteiger partial charge >= 0.3 is 0 Å². The Morgan fingerprint density at radius 2 is 2.00 bits per heavy atom. The number of benzene rings is 2. The van der Waals surface area contributed by atoms with E-state index in [-0.39, 0.29) is 11.6 Å². The van der Waals surface area contributed by atoms with Crippen molar-refractivity contribution in [3.63, 3.8) is 0 Å². The van der Waals surface area contributed by atoms with Crippen LogP contribution in [0.5, 0.6) is 5.75 Å². The molecule has 2 N–H and O–H groups in total. The molecule has 38 heavy (non-hydrogen) atoms. The Morgan fingerprint density at radius 1 is 1.18 bits per heavy atom. The van der Waals surface area contributed by atoms with Crippen molar-refractivity contribution >= 4 is 5.91 Å². The molecule has 0 saturated carbocycles. The maximum absolute atomic E-state index is 13.1. The highest BCUT2D eigenvalue weighted by molar-refractivity contribution is 6.02.